The second kappa shape index (κ2) is 9.11. The molecule has 1 aliphatic rings. The van der Waals surface area contributed by atoms with Gasteiger partial charge in [0.05, 0.1) is 20.8 Å². The maximum absolute atomic E-state index is 12.7. The Bertz CT molecular complexity index is 821. The van der Waals surface area contributed by atoms with Crippen LogP contribution in [0.1, 0.15) is 29.2 Å². The molecule has 28 heavy (non-hydrogen) atoms. The second-order valence-electron chi connectivity index (χ2n) is 7.42. The highest BCUT2D eigenvalue weighted by Gasteiger charge is 2.27. The third kappa shape index (κ3) is 4.47. The van der Waals surface area contributed by atoms with Gasteiger partial charge in [0.1, 0.15) is 0 Å². The lowest BCUT2D eigenvalue weighted by atomic mass is 10.1. The summed E-state index contributed by atoms with van der Waals surface area (Å²) in [7, 11) is 7.18. The van der Waals surface area contributed by atoms with Crippen LogP contribution in [0.2, 0.25) is 0 Å². The number of methoxy groups -OCH3 is 2. The number of ether oxygens (including phenoxy) is 2. The fourth-order valence-electron chi connectivity index (χ4n) is 3.89. The smallest absolute Gasteiger partial charge is 0.236 e. The lowest BCUT2D eigenvalue weighted by Crippen LogP contribution is -2.38. The molecule has 0 aromatic heterocycles. The molecule has 2 aromatic carbocycles. The zero-order valence-corrected chi connectivity index (χ0v) is 17.3. The number of hydrogen-bond acceptors (Lipinski definition) is 4. The van der Waals surface area contributed by atoms with Gasteiger partial charge in [-0.25, -0.2) is 0 Å². The minimum absolute atomic E-state index is 0.146. The monoisotopic (exact) mass is 382 g/mol. The lowest BCUT2D eigenvalue weighted by molar-refractivity contribution is -0.131. The highest BCUT2D eigenvalue weighted by atomic mass is 16.5. The SMILES string of the molecule is COc1ccc(CCN(C)C(=O)CN(C)C2CCc3ccccc32)cc1OC. The van der Waals surface area contributed by atoms with Gasteiger partial charge in [0.2, 0.25) is 5.91 Å². The molecule has 150 valence electrons. The van der Waals surface area contributed by atoms with E-state index in [1.807, 2.05) is 37.2 Å². The van der Waals surface area contributed by atoms with Crippen LogP contribution in [0.5, 0.6) is 11.5 Å². The summed E-state index contributed by atoms with van der Waals surface area (Å²) in [6, 6.07) is 14.8. The van der Waals surface area contributed by atoms with E-state index in [1.54, 1.807) is 14.2 Å². The van der Waals surface area contributed by atoms with Crippen molar-refractivity contribution in [3.63, 3.8) is 0 Å². The molecular formula is C23H30N2O3. The van der Waals surface area contributed by atoms with Crippen LogP contribution in [-0.2, 0) is 17.6 Å². The Hall–Kier alpha value is -2.53. The van der Waals surface area contributed by atoms with Crippen molar-refractivity contribution in [2.24, 2.45) is 0 Å². The molecule has 0 fully saturated rings. The molecule has 2 aromatic rings. The topological polar surface area (TPSA) is 42.0 Å². The first kappa shape index (κ1) is 20.2. The molecule has 1 amide bonds. The van der Waals surface area contributed by atoms with Crippen molar-refractivity contribution in [3.8, 4) is 11.5 Å². The molecule has 3 rings (SSSR count). The van der Waals surface area contributed by atoms with Crippen molar-refractivity contribution >= 4 is 5.91 Å². The Morgan fingerprint density at radius 2 is 1.82 bits per heavy atom. The van der Waals surface area contributed by atoms with Gasteiger partial charge in [-0.2, -0.15) is 0 Å². The first-order valence-electron chi connectivity index (χ1n) is 9.76. The van der Waals surface area contributed by atoms with Crippen LogP contribution >= 0.6 is 0 Å². The summed E-state index contributed by atoms with van der Waals surface area (Å²) in [6.45, 7) is 1.10. The van der Waals surface area contributed by atoms with Crippen LogP contribution in [0.3, 0.4) is 0 Å². The molecule has 5 nitrogen and oxygen atoms in total. The molecule has 0 saturated carbocycles. The highest BCUT2D eigenvalue weighted by Crippen LogP contribution is 2.34. The van der Waals surface area contributed by atoms with Gasteiger partial charge in [-0.3, -0.25) is 9.69 Å². The van der Waals surface area contributed by atoms with Gasteiger partial charge < -0.3 is 14.4 Å². The van der Waals surface area contributed by atoms with Crippen molar-refractivity contribution in [2.45, 2.75) is 25.3 Å². The van der Waals surface area contributed by atoms with Crippen molar-refractivity contribution in [1.29, 1.82) is 0 Å². The van der Waals surface area contributed by atoms with Gasteiger partial charge in [-0.05, 0) is 55.1 Å². The number of fused-ring (bicyclic) bond motifs is 1. The number of hydrogen-bond donors (Lipinski definition) is 0. The minimum atomic E-state index is 0.146. The van der Waals surface area contributed by atoms with Crippen LogP contribution in [0, 0.1) is 0 Å². The molecule has 5 heteroatoms. The number of rotatable bonds is 8. The first-order valence-corrected chi connectivity index (χ1v) is 9.76. The molecule has 1 aliphatic carbocycles. The summed E-state index contributed by atoms with van der Waals surface area (Å²) in [5.74, 6) is 1.58. The summed E-state index contributed by atoms with van der Waals surface area (Å²) in [5, 5.41) is 0. The van der Waals surface area contributed by atoms with Crippen LogP contribution < -0.4 is 9.47 Å². The van der Waals surface area contributed by atoms with Gasteiger partial charge in [0.25, 0.3) is 0 Å². The predicted octanol–water partition coefficient (Wildman–Crippen LogP) is 3.32. The first-order chi connectivity index (χ1) is 13.5. The number of benzene rings is 2. The third-order valence-corrected chi connectivity index (χ3v) is 5.63. The number of likely N-dealkylation sites (N-methyl/N-ethyl adjacent to an activating group) is 2. The van der Waals surface area contributed by atoms with Gasteiger partial charge in [-0.15, -0.1) is 0 Å². The molecular weight excluding hydrogens is 352 g/mol. The van der Waals surface area contributed by atoms with Crippen LogP contribution in [0.25, 0.3) is 0 Å². The van der Waals surface area contributed by atoms with Gasteiger partial charge in [0.15, 0.2) is 11.5 Å². The van der Waals surface area contributed by atoms with E-state index in [-0.39, 0.29) is 5.91 Å². The Morgan fingerprint density at radius 3 is 2.57 bits per heavy atom. The zero-order valence-electron chi connectivity index (χ0n) is 17.3. The van der Waals surface area contributed by atoms with Crippen molar-refractivity contribution in [1.82, 2.24) is 9.80 Å². The molecule has 0 saturated heterocycles. The normalized spacial score (nSPS) is 15.4. The Morgan fingerprint density at radius 1 is 1.07 bits per heavy atom. The quantitative estimate of drug-likeness (QED) is 0.702. The molecule has 0 spiro atoms. The van der Waals surface area contributed by atoms with E-state index in [9.17, 15) is 4.79 Å². The Labute approximate surface area is 167 Å². The molecule has 0 N–H and O–H groups in total. The largest absolute Gasteiger partial charge is 0.493 e. The highest BCUT2D eigenvalue weighted by molar-refractivity contribution is 5.78. The van der Waals surface area contributed by atoms with E-state index in [0.29, 0.717) is 30.6 Å². The van der Waals surface area contributed by atoms with Crippen molar-refractivity contribution < 1.29 is 14.3 Å². The standard InChI is InChI=1S/C23H30N2O3/c1-24(14-13-17-9-12-21(27-3)22(15-17)28-4)23(26)16-25(2)20-11-10-18-7-5-6-8-19(18)20/h5-9,12,15,20H,10-11,13-14,16H2,1-4H3. The molecule has 0 heterocycles. The molecule has 1 atom stereocenters. The van der Waals surface area contributed by atoms with Crippen molar-refractivity contribution in [2.75, 3.05) is 41.4 Å². The second-order valence-corrected chi connectivity index (χ2v) is 7.42. The van der Waals surface area contributed by atoms with E-state index in [2.05, 4.69) is 29.2 Å². The number of carbonyl (C=O) groups is 1. The molecule has 0 bridgehead atoms. The van der Waals surface area contributed by atoms with Crippen LogP contribution in [0.15, 0.2) is 42.5 Å². The Kier molecular flexibility index (Phi) is 6.57. The van der Waals surface area contributed by atoms with E-state index in [4.69, 9.17) is 9.47 Å². The molecule has 1 unspecified atom stereocenters. The molecule has 0 radical (unpaired) electrons. The van der Waals surface area contributed by atoms with Crippen LogP contribution in [-0.4, -0.2) is 57.1 Å². The molecule has 0 aliphatic heterocycles. The van der Waals surface area contributed by atoms with E-state index >= 15 is 0 Å². The summed E-state index contributed by atoms with van der Waals surface area (Å²) in [5.41, 5.74) is 3.90. The van der Waals surface area contributed by atoms with Gasteiger partial charge in [-0.1, -0.05) is 30.3 Å². The summed E-state index contributed by atoms with van der Waals surface area (Å²) in [4.78, 5) is 16.7. The van der Waals surface area contributed by atoms with Crippen LogP contribution in [0.4, 0.5) is 0 Å². The number of carbonyl (C=O) groups excluding carboxylic acids is 1. The summed E-state index contributed by atoms with van der Waals surface area (Å²) in [6.07, 6.45) is 2.95. The van der Waals surface area contributed by atoms with E-state index in [0.717, 1.165) is 24.8 Å². The lowest BCUT2D eigenvalue weighted by Gasteiger charge is -2.27. The van der Waals surface area contributed by atoms with E-state index < -0.39 is 0 Å². The average molecular weight is 383 g/mol. The summed E-state index contributed by atoms with van der Waals surface area (Å²) < 4.78 is 10.6. The van der Waals surface area contributed by atoms with E-state index in [1.165, 1.54) is 11.1 Å². The van der Waals surface area contributed by atoms with Crippen molar-refractivity contribution in [3.05, 3.63) is 59.2 Å². The summed E-state index contributed by atoms with van der Waals surface area (Å²) >= 11 is 0. The number of amides is 1. The number of aryl methyl sites for hydroxylation is 1. The fraction of sp³-hybridized carbons (Fsp3) is 0.435. The Balaban J connectivity index is 1.54. The fourth-order valence-corrected chi connectivity index (χ4v) is 3.89. The van der Waals surface area contributed by atoms with Gasteiger partial charge in [0, 0.05) is 19.6 Å². The maximum atomic E-state index is 12.7. The number of nitrogens with zero attached hydrogens (tertiary/aromatic N) is 2. The maximum Gasteiger partial charge on any atom is 0.236 e. The minimum Gasteiger partial charge on any atom is -0.493 e. The third-order valence-electron chi connectivity index (χ3n) is 5.63. The zero-order chi connectivity index (χ0) is 20.1. The predicted molar refractivity (Wildman–Crippen MR) is 111 cm³/mol. The average Bonchev–Trinajstić information content (AvgIpc) is 3.15. The van der Waals surface area contributed by atoms with Gasteiger partial charge >= 0.3 is 0 Å².